The van der Waals surface area contributed by atoms with E-state index >= 15 is 0 Å². The third-order valence-corrected chi connectivity index (χ3v) is 10.1. The Morgan fingerprint density at radius 3 is 2.04 bits per heavy atom. The summed E-state index contributed by atoms with van der Waals surface area (Å²) in [5.74, 6) is 1.15. The van der Waals surface area contributed by atoms with E-state index in [1.807, 2.05) is 54.7 Å². The molecular weight excluding hydrogens is 691 g/mol. The average molecular weight is 730 g/mol. The molecule has 2 aliphatic rings. The molecule has 0 saturated carbocycles. The number of hydrogen-bond acceptors (Lipinski definition) is 9. The molecule has 12 nitrogen and oxygen atoms in total. The van der Waals surface area contributed by atoms with Crippen molar-refractivity contribution in [1.29, 1.82) is 0 Å². The molecule has 0 unspecified atom stereocenters. The van der Waals surface area contributed by atoms with Crippen molar-refractivity contribution in [3.8, 4) is 45.3 Å². The van der Waals surface area contributed by atoms with Crippen LogP contribution in [0.2, 0.25) is 10.0 Å². The lowest BCUT2D eigenvalue weighted by Crippen LogP contribution is -2.35. The summed E-state index contributed by atoms with van der Waals surface area (Å²) >= 11 is 14.2. The Hall–Kier alpha value is -4.75. The maximum absolute atomic E-state index is 11.6. The van der Waals surface area contributed by atoms with E-state index in [0.29, 0.717) is 72.2 Å². The van der Waals surface area contributed by atoms with Crippen LogP contribution >= 0.6 is 23.2 Å². The molecule has 2 saturated heterocycles. The number of benzene rings is 2. The molecule has 264 valence electrons. The Balaban J connectivity index is 1.12. The lowest BCUT2D eigenvalue weighted by Gasteiger charge is -2.15. The van der Waals surface area contributed by atoms with Crippen molar-refractivity contribution < 1.29 is 19.1 Å². The fraction of sp³-hybridized carbons (Fsp3) is 0.324. The second-order valence-electron chi connectivity index (χ2n) is 12.7. The largest absolute Gasteiger partial charge is 0.481 e. The Labute approximate surface area is 305 Å². The SMILES string of the molecule is COc1nc(-c2cccc(-c3cccc(-c4cnc5c(CNC[C@@H]6CCC(=O)N6)c(OC)nn5c4)c3Cl)c2Cl)ccc1CNC[C@@H]1CCC(=O)N1. The van der Waals surface area contributed by atoms with Crippen LogP contribution in [0.15, 0.2) is 60.9 Å². The molecule has 2 atom stereocenters. The molecular formula is C37H38Cl2N8O4. The van der Waals surface area contributed by atoms with E-state index in [4.69, 9.17) is 42.6 Å². The summed E-state index contributed by atoms with van der Waals surface area (Å²) in [6.07, 6.45) is 6.43. The van der Waals surface area contributed by atoms with E-state index < -0.39 is 0 Å². The fourth-order valence-corrected chi connectivity index (χ4v) is 7.33. The van der Waals surface area contributed by atoms with E-state index in [0.717, 1.165) is 51.8 Å². The molecule has 0 aliphatic carbocycles. The van der Waals surface area contributed by atoms with Gasteiger partial charge in [-0.15, -0.1) is 5.10 Å². The molecule has 0 spiro atoms. The van der Waals surface area contributed by atoms with E-state index in [9.17, 15) is 9.59 Å². The number of fused-ring (bicyclic) bond motifs is 1. The normalized spacial score (nSPS) is 17.2. The first kappa shape index (κ1) is 34.7. The number of hydrogen-bond donors (Lipinski definition) is 4. The van der Waals surface area contributed by atoms with Crippen molar-refractivity contribution in [2.24, 2.45) is 0 Å². The van der Waals surface area contributed by atoms with Crippen molar-refractivity contribution in [3.05, 3.63) is 82.1 Å². The minimum absolute atomic E-state index is 0.0864. The summed E-state index contributed by atoms with van der Waals surface area (Å²) in [6, 6.07) is 15.7. The van der Waals surface area contributed by atoms with Crippen LogP contribution in [0.1, 0.15) is 36.8 Å². The highest BCUT2D eigenvalue weighted by Gasteiger charge is 2.23. The molecule has 5 aromatic rings. The molecule has 14 heteroatoms. The lowest BCUT2D eigenvalue weighted by molar-refractivity contribution is -0.120. The Morgan fingerprint density at radius 1 is 0.804 bits per heavy atom. The topological polar surface area (TPSA) is 144 Å². The van der Waals surface area contributed by atoms with Gasteiger partial charge in [0.1, 0.15) is 0 Å². The molecule has 2 aliphatic heterocycles. The number of halogens is 2. The van der Waals surface area contributed by atoms with Gasteiger partial charge in [-0.25, -0.2) is 14.5 Å². The zero-order valence-electron chi connectivity index (χ0n) is 28.3. The first-order valence-corrected chi connectivity index (χ1v) is 17.6. The van der Waals surface area contributed by atoms with Crippen molar-refractivity contribution in [3.63, 3.8) is 0 Å². The second-order valence-corrected chi connectivity index (χ2v) is 13.4. The molecule has 5 heterocycles. The smallest absolute Gasteiger partial charge is 0.239 e. The zero-order chi connectivity index (χ0) is 35.5. The van der Waals surface area contributed by atoms with Gasteiger partial charge >= 0.3 is 0 Å². The van der Waals surface area contributed by atoms with Gasteiger partial charge in [0.2, 0.25) is 23.6 Å². The number of pyridine rings is 1. The van der Waals surface area contributed by atoms with Crippen LogP contribution in [0.4, 0.5) is 0 Å². The molecule has 3 aromatic heterocycles. The number of nitrogens with zero attached hydrogens (tertiary/aromatic N) is 4. The second kappa shape index (κ2) is 15.2. The maximum Gasteiger partial charge on any atom is 0.239 e. The molecule has 51 heavy (non-hydrogen) atoms. The minimum Gasteiger partial charge on any atom is -0.481 e. The van der Waals surface area contributed by atoms with Crippen molar-refractivity contribution in [2.75, 3.05) is 27.3 Å². The number of carbonyl (C=O) groups is 2. The van der Waals surface area contributed by atoms with Gasteiger partial charge in [-0.2, -0.15) is 0 Å². The first-order valence-electron chi connectivity index (χ1n) is 16.9. The van der Waals surface area contributed by atoms with Gasteiger partial charge in [0.05, 0.1) is 35.5 Å². The highest BCUT2D eigenvalue weighted by molar-refractivity contribution is 6.39. The third kappa shape index (κ3) is 7.36. The van der Waals surface area contributed by atoms with E-state index in [2.05, 4.69) is 26.4 Å². The van der Waals surface area contributed by atoms with E-state index in [1.54, 1.807) is 24.9 Å². The van der Waals surface area contributed by atoms with Crippen molar-refractivity contribution >= 4 is 40.7 Å². The molecule has 4 N–H and O–H groups in total. The Bertz CT molecular complexity index is 2110. The predicted octanol–water partition coefficient (Wildman–Crippen LogP) is 5.19. The highest BCUT2D eigenvalue weighted by atomic mass is 35.5. The number of ether oxygens (including phenoxy) is 2. The van der Waals surface area contributed by atoms with Gasteiger partial charge in [-0.1, -0.05) is 65.7 Å². The molecule has 2 fully saturated rings. The summed E-state index contributed by atoms with van der Waals surface area (Å²) in [5, 5.41) is 18.4. The fourth-order valence-electron chi connectivity index (χ4n) is 6.66. The van der Waals surface area contributed by atoms with Crippen molar-refractivity contribution in [1.82, 2.24) is 40.8 Å². The third-order valence-electron chi connectivity index (χ3n) is 9.30. The van der Waals surface area contributed by atoms with Gasteiger partial charge in [-0.05, 0) is 18.9 Å². The van der Waals surface area contributed by atoms with Crippen molar-refractivity contribution in [2.45, 2.75) is 50.9 Å². The number of rotatable bonds is 13. The van der Waals surface area contributed by atoms with Gasteiger partial charge in [0.15, 0.2) is 5.65 Å². The summed E-state index contributed by atoms with van der Waals surface area (Å²) in [6.45, 7) is 2.35. The number of carbonyl (C=O) groups excluding carboxylic acids is 2. The van der Waals surface area contributed by atoms with Gasteiger partial charge in [0, 0.05) is 96.9 Å². The lowest BCUT2D eigenvalue weighted by atomic mass is 9.97. The van der Waals surface area contributed by atoms with Crippen LogP contribution in [0, 0.1) is 0 Å². The van der Waals surface area contributed by atoms with E-state index in [1.165, 1.54) is 0 Å². The van der Waals surface area contributed by atoms with Crippen LogP contribution in [0.5, 0.6) is 11.8 Å². The summed E-state index contributed by atoms with van der Waals surface area (Å²) in [5.41, 5.74) is 6.84. The minimum atomic E-state index is 0.0864. The molecule has 2 amide bonds. The summed E-state index contributed by atoms with van der Waals surface area (Å²) in [7, 11) is 3.18. The van der Waals surface area contributed by atoms with E-state index in [-0.39, 0.29) is 23.9 Å². The van der Waals surface area contributed by atoms with Crippen LogP contribution in [-0.2, 0) is 22.7 Å². The number of methoxy groups -OCH3 is 2. The van der Waals surface area contributed by atoms with Crippen LogP contribution < -0.4 is 30.7 Å². The number of amides is 2. The monoisotopic (exact) mass is 728 g/mol. The molecule has 0 radical (unpaired) electrons. The highest BCUT2D eigenvalue weighted by Crippen LogP contribution is 2.42. The van der Waals surface area contributed by atoms with Gasteiger partial charge in [-0.3, -0.25) is 9.59 Å². The molecule has 2 aromatic carbocycles. The summed E-state index contributed by atoms with van der Waals surface area (Å²) in [4.78, 5) is 32.6. The quantitative estimate of drug-likeness (QED) is 0.129. The number of aromatic nitrogens is 4. The summed E-state index contributed by atoms with van der Waals surface area (Å²) < 4.78 is 12.9. The molecule has 0 bridgehead atoms. The van der Waals surface area contributed by atoms with Crippen LogP contribution in [0.25, 0.3) is 39.2 Å². The Morgan fingerprint density at radius 2 is 1.41 bits per heavy atom. The average Bonchev–Trinajstić information content (AvgIpc) is 3.86. The standard InChI is InChI=1S/C37H38Cl2N8O4/c1-50-36-21(15-40-17-23-10-13-31(48)43-23)9-12-30(45-36)28-8-4-7-27(34(28)39)26-6-3-5-25(33(26)38)22-16-42-35-29(37(51-2)46-47(35)20-22)19-41-18-24-11-14-32(49)44-24/h3-9,12,16,20,23-24,40-41H,10-11,13-15,17-19H2,1-2H3,(H,43,48)(H,44,49)/t23-,24-/m0/s1. The zero-order valence-corrected chi connectivity index (χ0v) is 29.8. The molecule has 7 rings (SSSR count). The predicted molar refractivity (Wildman–Crippen MR) is 196 cm³/mol. The van der Waals surface area contributed by atoms with Crippen LogP contribution in [-0.4, -0.2) is 70.8 Å². The Kier molecular flexibility index (Phi) is 10.4. The first-order chi connectivity index (χ1) is 24.8. The maximum atomic E-state index is 11.6. The number of nitrogens with one attached hydrogen (secondary N) is 4. The van der Waals surface area contributed by atoms with Crippen LogP contribution in [0.3, 0.4) is 0 Å². The van der Waals surface area contributed by atoms with Gasteiger partial charge in [0.25, 0.3) is 0 Å². The van der Waals surface area contributed by atoms with Gasteiger partial charge < -0.3 is 30.7 Å².